The highest BCUT2D eigenvalue weighted by molar-refractivity contribution is 5.87. The SMILES string of the molecule is COC[C@@H]1[C@@H]2C=C[C@H]1CC2=O. The lowest BCUT2D eigenvalue weighted by Crippen LogP contribution is -2.15. The van der Waals surface area contributed by atoms with E-state index >= 15 is 0 Å². The number of fused-ring (bicyclic) bond motifs is 2. The van der Waals surface area contributed by atoms with Gasteiger partial charge in [0.05, 0.1) is 6.61 Å². The maximum Gasteiger partial charge on any atom is 0.140 e. The number of methoxy groups -OCH3 is 1. The number of ketones is 1. The first-order valence-corrected chi connectivity index (χ1v) is 4.03. The molecule has 3 atom stereocenters. The van der Waals surface area contributed by atoms with Crippen LogP contribution in [0.1, 0.15) is 6.42 Å². The van der Waals surface area contributed by atoms with E-state index in [0.29, 0.717) is 17.6 Å². The molecule has 2 aliphatic carbocycles. The van der Waals surface area contributed by atoms with Crippen LogP contribution in [0.4, 0.5) is 0 Å². The Bertz CT molecular complexity index is 208. The summed E-state index contributed by atoms with van der Waals surface area (Å²) in [5.74, 6) is 1.51. The van der Waals surface area contributed by atoms with Gasteiger partial charge in [0.15, 0.2) is 0 Å². The minimum atomic E-state index is 0.181. The summed E-state index contributed by atoms with van der Waals surface area (Å²) in [6.45, 7) is 0.730. The average Bonchev–Trinajstić information content (AvgIpc) is 2.46. The molecule has 0 heterocycles. The van der Waals surface area contributed by atoms with Crippen LogP contribution in [0.3, 0.4) is 0 Å². The zero-order valence-corrected chi connectivity index (χ0v) is 6.62. The molecule has 0 aromatic rings. The van der Waals surface area contributed by atoms with Crippen molar-refractivity contribution in [3.63, 3.8) is 0 Å². The van der Waals surface area contributed by atoms with E-state index in [2.05, 4.69) is 6.08 Å². The van der Waals surface area contributed by atoms with Crippen molar-refractivity contribution in [2.75, 3.05) is 13.7 Å². The molecule has 0 radical (unpaired) electrons. The van der Waals surface area contributed by atoms with Crippen molar-refractivity contribution in [1.29, 1.82) is 0 Å². The number of hydrogen-bond donors (Lipinski definition) is 0. The molecule has 0 aromatic carbocycles. The van der Waals surface area contributed by atoms with Crippen LogP contribution >= 0.6 is 0 Å². The van der Waals surface area contributed by atoms with Crippen molar-refractivity contribution in [2.24, 2.45) is 17.8 Å². The molecule has 60 valence electrons. The smallest absolute Gasteiger partial charge is 0.140 e. The van der Waals surface area contributed by atoms with Gasteiger partial charge < -0.3 is 4.74 Å². The average molecular weight is 152 g/mol. The standard InChI is InChI=1S/C9H12O2/c1-11-5-8-6-2-3-7(8)9(10)4-6/h2-3,6-8H,4-5H2,1H3/t6-,7-,8-/m0/s1. The summed E-state index contributed by atoms with van der Waals surface area (Å²) < 4.78 is 5.06. The lowest BCUT2D eigenvalue weighted by atomic mass is 9.98. The van der Waals surface area contributed by atoms with Crippen molar-refractivity contribution in [2.45, 2.75) is 6.42 Å². The van der Waals surface area contributed by atoms with E-state index in [1.807, 2.05) is 6.08 Å². The molecule has 0 saturated heterocycles. The highest BCUT2D eigenvalue weighted by Crippen LogP contribution is 2.41. The fraction of sp³-hybridized carbons (Fsp3) is 0.667. The lowest BCUT2D eigenvalue weighted by molar-refractivity contribution is -0.120. The van der Waals surface area contributed by atoms with E-state index in [9.17, 15) is 4.79 Å². The van der Waals surface area contributed by atoms with Gasteiger partial charge in [0.1, 0.15) is 5.78 Å². The molecule has 2 nitrogen and oxygen atoms in total. The number of allylic oxidation sites excluding steroid dienone is 2. The molecule has 11 heavy (non-hydrogen) atoms. The fourth-order valence-electron chi connectivity index (χ4n) is 2.17. The Labute approximate surface area is 66.2 Å². The van der Waals surface area contributed by atoms with Gasteiger partial charge in [-0.2, -0.15) is 0 Å². The first-order valence-electron chi connectivity index (χ1n) is 4.03. The van der Waals surface area contributed by atoms with Gasteiger partial charge in [-0.25, -0.2) is 0 Å². The van der Waals surface area contributed by atoms with Crippen molar-refractivity contribution < 1.29 is 9.53 Å². The molecule has 0 N–H and O–H groups in total. The van der Waals surface area contributed by atoms with Crippen LogP contribution in [0.15, 0.2) is 12.2 Å². The summed E-state index contributed by atoms with van der Waals surface area (Å²) in [4.78, 5) is 11.2. The second kappa shape index (κ2) is 2.45. The zero-order chi connectivity index (χ0) is 7.84. The molecule has 2 aliphatic rings. The van der Waals surface area contributed by atoms with E-state index in [1.54, 1.807) is 7.11 Å². The quantitative estimate of drug-likeness (QED) is 0.552. The molecule has 0 amide bonds. The van der Waals surface area contributed by atoms with E-state index < -0.39 is 0 Å². The third-order valence-corrected chi connectivity index (χ3v) is 2.74. The molecular weight excluding hydrogens is 140 g/mol. The maximum absolute atomic E-state index is 11.2. The lowest BCUT2D eigenvalue weighted by Gasteiger charge is -2.11. The summed E-state index contributed by atoms with van der Waals surface area (Å²) in [5, 5.41) is 0. The van der Waals surface area contributed by atoms with Gasteiger partial charge in [-0.15, -0.1) is 0 Å². The van der Waals surface area contributed by atoms with Gasteiger partial charge in [0.2, 0.25) is 0 Å². The van der Waals surface area contributed by atoms with Crippen LogP contribution < -0.4 is 0 Å². The highest BCUT2D eigenvalue weighted by atomic mass is 16.5. The third-order valence-electron chi connectivity index (χ3n) is 2.74. The summed E-state index contributed by atoms with van der Waals surface area (Å²) in [7, 11) is 1.70. The topological polar surface area (TPSA) is 26.3 Å². The van der Waals surface area contributed by atoms with Gasteiger partial charge in [-0.1, -0.05) is 12.2 Å². The second-order valence-corrected chi connectivity index (χ2v) is 3.36. The van der Waals surface area contributed by atoms with Crippen LogP contribution in [-0.2, 0) is 9.53 Å². The first-order chi connectivity index (χ1) is 5.33. The maximum atomic E-state index is 11.2. The minimum absolute atomic E-state index is 0.181. The van der Waals surface area contributed by atoms with E-state index in [-0.39, 0.29) is 5.92 Å². The Morgan fingerprint density at radius 1 is 1.64 bits per heavy atom. The molecule has 1 saturated carbocycles. The summed E-state index contributed by atoms with van der Waals surface area (Å²) in [6.07, 6.45) is 4.95. The van der Waals surface area contributed by atoms with Crippen LogP contribution in [0.2, 0.25) is 0 Å². The molecule has 0 aliphatic heterocycles. The second-order valence-electron chi connectivity index (χ2n) is 3.36. The van der Waals surface area contributed by atoms with E-state index in [1.165, 1.54) is 0 Å². The molecule has 2 bridgehead atoms. The van der Waals surface area contributed by atoms with Crippen molar-refractivity contribution in [1.82, 2.24) is 0 Å². The van der Waals surface area contributed by atoms with Crippen LogP contribution in [0, 0.1) is 17.8 Å². The van der Waals surface area contributed by atoms with Crippen molar-refractivity contribution >= 4 is 5.78 Å². The number of Topliss-reactive ketones (excluding diaryl/α,β-unsaturated/α-hetero) is 1. The molecular formula is C9H12O2. The Morgan fingerprint density at radius 3 is 2.91 bits per heavy atom. The highest BCUT2D eigenvalue weighted by Gasteiger charge is 2.43. The van der Waals surface area contributed by atoms with Gasteiger partial charge in [-0.05, 0) is 5.92 Å². The third kappa shape index (κ3) is 0.932. The monoisotopic (exact) mass is 152 g/mol. The summed E-state index contributed by atoms with van der Waals surface area (Å²) in [5.41, 5.74) is 0. The van der Waals surface area contributed by atoms with Crippen LogP contribution in [0.25, 0.3) is 0 Å². The predicted molar refractivity (Wildman–Crippen MR) is 41.1 cm³/mol. The zero-order valence-electron chi connectivity index (χ0n) is 6.62. The van der Waals surface area contributed by atoms with Gasteiger partial charge in [0, 0.05) is 25.4 Å². The number of carbonyl (C=O) groups is 1. The van der Waals surface area contributed by atoms with Crippen LogP contribution in [0.5, 0.6) is 0 Å². The molecule has 0 unspecified atom stereocenters. The van der Waals surface area contributed by atoms with E-state index in [4.69, 9.17) is 4.74 Å². The summed E-state index contributed by atoms with van der Waals surface area (Å²) >= 11 is 0. The van der Waals surface area contributed by atoms with Gasteiger partial charge >= 0.3 is 0 Å². The number of carbonyl (C=O) groups excluding carboxylic acids is 1. The number of rotatable bonds is 2. The molecule has 2 rings (SSSR count). The molecule has 1 fully saturated rings. The van der Waals surface area contributed by atoms with Crippen LogP contribution in [-0.4, -0.2) is 19.5 Å². The molecule has 0 aromatic heterocycles. The first kappa shape index (κ1) is 7.04. The number of ether oxygens (including phenoxy) is 1. The fourth-order valence-corrected chi connectivity index (χ4v) is 2.17. The van der Waals surface area contributed by atoms with Gasteiger partial charge in [0.25, 0.3) is 0 Å². The summed E-state index contributed by atoms with van der Waals surface area (Å²) in [6, 6.07) is 0. The largest absolute Gasteiger partial charge is 0.384 e. The van der Waals surface area contributed by atoms with E-state index in [0.717, 1.165) is 13.0 Å². The van der Waals surface area contributed by atoms with Crippen molar-refractivity contribution in [3.05, 3.63) is 12.2 Å². The Balaban J connectivity index is 2.11. The Morgan fingerprint density at radius 2 is 2.45 bits per heavy atom. The van der Waals surface area contributed by atoms with Gasteiger partial charge in [-0.3, -0.25) is 4.79 Å². The number of hydrogen-bond acceptors (Lipinski definition) is 2. The predicted octanol–water partition coefficient (Wildman–Crippen LogP) is 1.02. The Kier molecular flexibility index (Phi) is 1.57. The minimum Gasteiger partial charge on any atom is -0.384 e. The normalized spacial score (nSPS) is 40.5. The van der Waals surface area contributed by atoms with Crippen molar-refractivity contribution in [3.8, 4) is 0 Å². The molecule has 2 heteroatoms. The molecule has 0 spiro atoms. The Hall–Kier alpha value is -0.630.